The highest BCUT2D eigenvalue weighted by Crippen LogP contribution is 2.16. The molecule has 7 heteroatoms. The molecule has 0 aliphatic heterocycles. The van der Waals surface area contributed by atoms with Crippen molar-refractivity contribution in [2.24, 2.45) is 0 Å². The van der Waals surface area contributed by atoms with Crippen molar-refractivity contribution >= 4 is 17.4 Å². The lowest BCUT2D eigenvalue weighted by Gasteiger charge is -2.07. The predicted molar refractivity (Wildman–Crippen MR) is 91.2 cm³/mol. The molecule has 0 radical (unpaired) electrons. The van der Waals surface area contributed by atoms with Crippen LogP contribution >= 0.6 is 0 Å². The lowest BCUT2D eigenvalue weighted by atomic mass is 10.1. The lowest BCUT2D eigenvalue weighted by Crippen LogP contribution is -2.25. The third-order valence-electron chi connectivity index (χ3n) is 3.51. The Hall–Kier alpha value is -3.22. The van der Waals surface area contributed by atoms with Crippen molar-refractivity contribution in [3.8, 4) is 0 Å². The van der Waals surface area contributed by atoms with Crippen molar-refractivity contribution in [3.05, 3.63) is 71.5 Å². The summed E-state index contributed by atoms with van der Waals surface area (Å²) >= 11 is 0. The minimum atomic E-state index is -0.273. The molecule has 128 valence electrons. The average Bonchev–Trinajstić information content (AvgIpc) is 3.01. The minimum absolute atomic E-state index is 0.227. The van der Waals surface area contributed by atoms with E-state index in [1.807, 2.05) is 0 Å². The first-order valence-electron chi connectivity index (χ1n) is 7.78. The molecule has 1 aromatic carbocycles. The SMILES string of the molecule is Cc1cc(Nc2cncc(C(=O)NCCc3ccc(F)cc3)c2)no1. The van der Waals surface area contributed by atoms with Crippen LogP contribution in [0.3, 0.4) is 0 Å². The first-order valence-corrected chi connectivity index (χ1v) is 7.78. The molecule has 0 fully saturated rings. The molecule has 0 unspecified atom stereocenters. The standard InChI is InChI=1S/C18H17FN4O2/c1-12-8-17(23-25-12)22-16-9-14(10-20-11-16)18(24)21-7-6-13-2-4-15(19)5-3-13/h2-5,8-11H,6-7H2,1H3,(H,21,24)(H,22,23). The fourth-order valence-corrected chi connectivity index (χ4v) is 2.28. The summed E-state index contributed by atoms with van der Waals surface area (Å²) in [6.07, 6.45) is 3.71. The molecule has 3 aromatic rings. The Morgan fingerprint density at radius 1 is 1.20 bits per heavy atom. The average molecular weight is 340 g/mol. The first kappa shape index (κ1) is 16.6. The molecule has 3 rings (SSSR count). The summed E-state index contributed by atoms with van der Waals surface area (Å²) in [5.41, 5.74) is 2.03. The molecule has 0 bridgehead atoms. The quantitative estimate of drug-likeness (QED) is 0.720. The maximum absolute atomic E-state index is 12.9. The fourth-order valence-electron chi connectivity index (χ4n) is 2.28. The lowest BCUT2D eigenvalue weighted by molar-refractivity contribution is 0.0954. The van der Waals surface area contributed by atoms with Crippen molar-refractivity contribution in [3.63, 3.8) is 0 Å². The number of hydrogen-bond donors (Lipinski definition) is 2. The number of amides is 1. The Balaban J connectivity index is 1.56. The van der Waals surface area contributed by atoms with Gasteiger partial charge >= 0.3 is 0 Å². The number of rotatable bonds is 6. The number of hydrogen-bond acceptors (Lipinski definition) is 5. The van der Waals surface area contributed by atoms with E-state index in [0.29, 0.717) is 35.8 Å². The van der Waals surface area contributed by atoms with Crippen LogP contribution in [0.1, 0.15) is 21.7 Å². The Morgan fingerprint density at radius 2 is 2.00 bits per heavy atom. The number of nitrogens with one attached hydrogen (secondary N) is 2. The zero-order valence-corrected chi connectivity index (χ0v) is 13.6. The van der Waals surface area contributed by atoms with Crippen molar-refractivity contribution < 1.29 is 13.7 Å². The van der Waals surface area contributed by atoms with Gasteiger partial charge in [-0.3, -0.25) is 9.78 Å². The maximum Gasteiger partial charge on any atom is 0.252 e. The largest absolute Gasteiger partial charge is 0.360 e. The van der Waals surface area contributed by atoms with Crippen LogP contribution in [0.2, 0.25) is 0 Å². The van der Waals surface area contributed by atoms with Gasteiger partial charge in [-0.2, -0.15) is 0 Å². The number of anilines is 2. The molecular formula is C18H17FN4O2. The van der Waals surface area contributed by atoms with E-state index in [9.17, 15) is 9.18 Å². The Bertz CT molecular complexity index is 862. The number of pyridine rings is 1. The van der Waals surface area contributed by atoms with Gasteiger partial charge in [0, 0.05) is 18.8 Å². The van der Waals surface area contributed by atoms with E-state index >= 15 is 0 Å². The Morgan fingerprint density at radius 3 is 2.72 bits per heavy atom. The molecule has 0 aliphatic rings. The van der Waals surface area contributed by atoms with E-state index in [0.717, 1.165) is 5.56 Å². The number of carbonyl (C=O) groups excluding carboxylic acids is 1. The monoisotopic (exact) mass is 340 g/mol. The summed E-state index contributed by atoms with van der Waals surface area (Å²) in [6, 6.07) is 9.64. The summed E-state index contributed by atoms with van der Waals surface area (Å²) in [6.45, 7) is 2.24. The predicted octanol–water partition coefficient (Wildman–Crippen LogP) is 3.23. The molecule has 2 N–H and O–H groups in total. The van der Waals surface area contributed by atoms with Crippen LogP contribution in [-0.4, -0.2) is 22.6 Å². The van der Waals surface area contributed by atoms with Gasteiger partial charge in [-0.25, -0.2) is 4.39 Å². The normalized spacial score (nSPS) is 10.5. The van der Waals surface area contributed by atoms with E-state index in [1.54, 1.807) is 37.4 Å². The zero-order valence-electron chi connectivity index (χ0n) is 13.6. The maximum atomic E-state index is 12.9. The highest BCUT2D eigenvalue weighted by molar-refractivity contribution is 5.94. The van der Waals surface area contributed by atoms with E-state index in [4.69, 9.17) is 4.52 Å². The highest BCUT2D eigenvalue weighted by atomic mass is 19.1. The second-order valence-electron chi connectivity index (χ2n) is 5.54. The molecule has 6 nitrogen and oxygen atoms in total. The minimum Gasteiger partial charge on any atom is -0.360 e. The number of benzene rings is 1. The molecule has 2 heterocycles. The third-order valence-corrected chi connectivity index (χ3v) is 3.51. The molecule has 25 heavy (non-hydrogen) atoms. The van der Waals surface area contributed by atoms with Crippen molar-refractivity contribution in [1.82, 2.24) is 15.5 Å². The Kier molecular flexibility index (Phi) is 5.03. The molecular weight excluding hydrogens is 323 g/mol. The fraction of sp³-hybridized carbons (Fsp3) is 0.167. The molecule has 0 saturated heterocycles. The number of nitrogens with zero attached hydrogens (tertiary/aromatic N) is 2. The van der Waals surface area contributed by atoms with E-state index in [1.165, 1.54) is 18.3 Å². The van der Waals surface area contributed by atoms with Gasteiger partial charge in [0.15, 0.2) is 5.82 Å². The number of aromatic nitrogens is 2. The second-order valence-corrected chi connectivity index (χ2v) is 5.54. The summed E-state index contributed by atoms with van der Waals surface area (Å²) in [7, 11) is 0. The van der Waals surface area contributed by atoms with Crippen LogP contribution in [0.5, 0.6) is 0 Å². The van der Waals surface area contributed by atoms with Gasteiger partial charge in [-0.1, -0.05) is 17.3 Å². The van der Waals surface area contributed by atoms with E-state index in [2.05, 4.69) is 20.8 Å². The number of halogens is 1. The topological polar surface area (TPSA) is 80.0 Å². The van der Waals surface area contributed by atoms with E-state index in [-0.39, 0.29) is 11.7 Å². The second kappa shape index (κ2) is 7.57. The third kappa shape index (κ3) is 4.63. The van der Waals surface area contributed by atoms with Gasteiger partial charge in [-0.05, 0) is 37.1 Å². The van der Waals surface area contributed by atoms with Crippen molar-refractivity contribution in [2.75, 3.05) is 11.9 Å². The van der Waals surface area contributed by atoms with Gasteiger partial charge in [-0.15, -0.1) is 0 Å². The summed E-state index contributed by atoms with van der Waals surface area (Å²) in [5.74, 6) is 0.735. The van der Waals surface area contributed by atoms with Gasteiger partial charge in [0.25, 0.3) is 5.91 Å². The number of carbonyl (C=O) groups is 1. The smallest absolute Gasteiger partial charge is 0.252 e. The van der Waals surface area contributed by atoms with Crippen molar-refractivity contribution in [1.29, 1.82) is 0 Å². The molecule has 2 aromatic heterocycles. The molecule has 0 saturated carbocycles. The summed E-state index contributed by atoms with van der Waals surface area (Å²) in [4.78, 5) is 16.3. The zero-order chi connectivity index (χ0) is 17.6. The molecule has 0 aliphatic carbocycles. The van der Waals surface area contributed by atoms with Crippen LogP contribution in [-0.2, 0) is 6.42 Å². The summed E-state index contributed by atoms with van der Waals surface area (Å²) in [5, 5.41) is 9.68. The van der Waals surface area contributed by atoms with Crippen LogP contribution in [0.15, 0.2) is 53.3 Å². The van der Waals surface area contributed by atoms with Gasteiger partial charge < -0.3 is 15.2 Å². The van der Waals surface area contributed by atoms with Gasteiger partial charge in [0.1, 0.15) is 11.6 Å². The molecule has 1 amide bonds. The highest BCUT2D eigenvalue weighted by Gasteiger charge is 2.08. The van der Waals surface area contributed by atoms with Crippen LogP contribution in [0, 0.1) is 12.7 Å². The first-order chi connectivity index (χ1) is 12.1. The Labute approximate surface area is 144 Å². The van der Waals surface area contributed by atoms with E-state index < -0.39 is 0 Å². The molecule has 0 atom stereocenters. The van der Waals surface area contributed by atoms with Crippen LogP contribution in [0.4, 0.5) is 15.9 Å². The van der Waals surface area contributed by atoms with Crippen LogP contribution in [0.25, 0.3) is 0 Å². The van der Waals surface area contributed by atoms with Crippen LogP contribution < -0.4 is 10.6 Å². The van der Waals surface area contributed by atoms with Gasteiger partial charge in [0.2, 0.25) is 0 Å². The summed E-state index contributed by atoms with van der Waals surface area (Å²) < 4.78 is 17.8. The molecule has 0 spiro atoms. The van der Waals surface area contributed by atoms with Gasteiger partial charge in [0.05, 0.1) is 17.4 Å². The van der Waals surface area contributed by atoms with Crippen molar-refractivity contribution in [2.45, 2.75) is 13.3 Å². The number of aryl methyl sites for hydroxylation is 1.